The van der Waals surface area contributed by atoms with E-state index in [0.29, 0.717) is 12.4 Å². The van der Waals surface area contributed by atoms with Crippen molar-refractivity contribution in [3.63, 3.8) is 0 Å². The van der Waals surface area contributed by atoms with Crippen molar-refractivity contribution in [1.29, 1.82) is 0 Å². The van der Waals surface area contributed by atoms with Crippen LogP contribution in [-0.4, -0.2) is 25.3 Å². The molecule has 30 heavy (non-hydrogen) atoms. The lowest BCUT2D eigenvalue weighted by atomic mass is 10.2. The minimum atomic E-state index is -0.705. The van der Waals surface area contributed by atoms with Crippen LogP contribution >= 0.6 is 0 Å². The van der Waals surface area contributed by atoms with Gasteiger partial charge in [0.15, 0.2) is 6.10 Å². The van der Waals surface area contributed by atoms with Crippen LogP contribution in [-0.2, 0) is 11.4 Å². The fourth-order valence-corrected chi connectivity index (χ4v) is 2.60. The normalized spacial score (nSPS) is 11.7. The second-order valence-corrected chi connectivity index (χ2v) is 6.52. The van der Waals surface area contributed by atoms with Gasteiger partial charge in [-0.2, -0.15) is 5.10 Å². The Kier molecular flexibility index (Phi) is 7.44. The summed E-state index contributed by atoms with van der Waals surface area (Å²) in [5, 5.41) is 3.97. The first-order valence-corrected chi connectivity index (χ1v) is 9.54. The molecule has 3 rings (SSSR count). The number of carbonyl (C=O) groups excluding carboxylic acids is 1. The Morgan fingerprint density at radius 2 is 1.70 bits per heavy atom. The number of rotatable bonds is 9. The minimum Gasteiger partial charge on any atom is -0.497 e. The predicted molar refractivity (Wildman–Crippen MR) is 116 cm³/mol. The van der Waals surface area contributed by atoms with Gasteiger partial charge in [-0.05, 0) is 54.4 Å². The Balaban J connectivity index is 1.46. The van der Waals surface area contributed by atoms with Crippen molar-refractivity contribution in [2.24, 2.45) is 5.10 Å². The molecule has 0 spiro atoms. The van der Waals surface area contributed by atoms with Crippen LogP contribution in [0.3, 0.4) is 0 Å². The highest BCUT2D eigenvalue weighted by Gasteiger charge is 2.14. The summed E-state index contributed by atoms with van der Waals surface area (Å²) in [6.45, 7) is 2.15. The van der Waals surface area contributed by atoms with Crippen LogP contribution in [0.5, 0.6) is 17.2 Å². The third kappa shape index (κ3) is 6.38. The van der Waals surface area contributed by atoms with Crippen LogP contribution in [0.15, 0.2) is 84.0 Å². The van der Waals surface area contributed by atoms with E-state index in [1.807, 2.05) is 66.7 Å². The van der Waals surface area contributed by atoms with E-state index < -0.39 is 6.10 Å². The molecule has 0 saturated carbocycles. The molecular formula is C24H24N2O4. The summed E-state index contributed by atoms with van der Waals surface area (Å²) < 4.78 is 16.6. The van der Waals surface area contributed by atoms with Crippen LogP contribution in [0, 0.1) is 0 Å². The van der Waals surface area contributed by atoms with Gasteiger partial charge in [0.25, 0.3) is 5.91 Å². The fraction of sp³-hybridized carbons (Fsp3) is 0.167. The summed E-state index contributed by atoms with van der Waals surface area (Å²) in [4.78, 5) is 12.2. The Morgan fingerprint density at radius 1 is 0.967 bits per heavy atom. The zero-order chi connectivity index (χ0) is 21.2. The zero-order valence-corrected chi connectivity index (χ0v) is 16.9. The highest BCUT2D eigenvalue weighted by atomic mass is 16.5. The van der Waals surface area contributed by atoms with Crippen molar-refractivity contribution < 1.29 is 19.0 Å². The number of ether oxygens (including phenoxy) is 3. The van der Waals surface area contributed by atoms with E-state index >= 15 is 0 Å². The molecule has 0 aromatic heterocycles. The molecule has 0 aliphatic carbocycles. The van der Waals surface area contributed by atoms with Crippen LogP contribution in [0.2, 0.25) is 0 Å². The molecule has 0 radical (unpaired) electrons. The van der Waals surface area contributed by atoms with E-state index in [0.717, 1.165) is 22.6 Å². The summed E-state index contributed by atoms with van der Waals surface area (Å²) in [6, 6.07) is 24.5. The van der Waals surface area contributed by atoms with Crippen molar-refractivity contribution in [1.82, 2.24) is 5.43 Å². The number of hydrogen-bond donors (Lipinski definition) is 1. The number of hydrogen-bond acceptors (Lipinski definition) is 5. The van der Waals surface area contributed by atoms with Gasteiger partial charge in [-0.3, -0.25) is 4.79 Å². The summed E-state index contributed by atoms with van der Waals surface area (Å²) in [6.07, 6.45) is 0.843. The SMILES string of the molecule is COc1cccc(/C=N\NC(=O)[C@H](C)Oc2ccc(OCc3ccccc3)cc2)c1. The van der Waals surface area contributed by atoms with Crippen LogP contribution in [0.4, 0.5) is 0 Å². The molecule has 0 heterocycles. The quantitative estimate of drug-likeness (QED) is 0.429. The van der Waals surface area contributed by atoms with Gasteiger partial charge in [0.05, 0.1) is 13.3 Å². The number of amides is 1. The molecule has 154 valence electrons. The van der Waals surface area contributed by atoms with E-state index in [4.69, 9.17) is 14.2 Å². The van der Waals surface area contributed by atoms with Gasteiger partial charge in [0.1, 0.15) is 23.9 Å². The number of nitrogens with zero attached hydrogens (tertiary/aromatic N) is 1. The Labute approximate surface area is 176 Å². The Morgan fingerprint density at radius 3 is 2.43 bits per heavy atom. The molecule has 3 aromatic carbocycles. The summed E-state index contributed by atoms with van der Waals surface area (Å²) in [7, 11) is 1.60. The second kappa shape index (κ2) is 10.7. The van der Waals surface area contributed by atoms with Crippen LogP contribution < -0.4 is 19.6 Å². The second-order valence-electron chi connectivity index (χ2n) is 6.52. The number of hydrazone groups is 1. The van der Waals surface area contributed by atoms with E-state index in [9.17, 15) is 4.79 Å². The monoisotopic (exact) mass is 404 g/mol. The summed E-state index contributed by atoms with van der Waals surface area (Å²) in [5.41, 5.74) is 4.39. The summed E-state index contributed by atoms with van der Waals surface area (Å²) in [5.74, 6) is 1.67. The maximum absolute atomic E-state index is 12.2. The Hall–Kier alpha value is -3.80. The van der Waals surface area contributed by atoms with Crippen molar-refractivity contribution in [2.75, 3.05) is 7.11 Å². The van der Waals surface area contributed by atoms with Crippen molar-refractivity contribution in [3.8, 4) is 17.2 Å². The van der Waals surface area contributed by atoms with Gasteiger partial charge in [0.2, 0.25) is 0 Å². The standard InChI is InChI=1S/C24H24N2O4/c1-18(24(27)26-25-16-20-9-6-10-23(15-20)28-2)30-22-13-11-21(12-14-22)29-17-19-7-4-3-5-8-19/h3-16,18H,17H2,1-2H3,(H,26,27)/b25-16-/t18-/m0/s1. The molecule has 6 nitrogen and oxygen atoms in total. The molecule has 0 unspecified atom stereocenters. The lowest BCUT2D eigenvalue weighted by Gasteiger charge is -2.13. The molecule has 3 aromatic rings. The van der Waals surface area contributed by atoms with Crippen molar-refractivity contribution in [3.05, 3.63) is 90.0 Å². The van der Waals surface area contributed by atoms with E-state index in [1.165, 1.54) is 0 Å². The first kappa shape index (κ1) is 20.9. The van der Waals surface area contributed by atoms with Crippen molar-refractivity contribution >= 4 is 12.1 Å². The maximum atomic E-state index is 12.2. The van der Waals surface area contributed by atoms with Gasteiger partial charge in [-0.25, -0.2) is 5.43 Å². The first-order valence-electron chi connectivity index (χ1n) is 9.54. The molecule has 0 aliphatic rings. The lowest BCUT2D eigenvalue weighted by molar-refractivity contribution is -0.127. The molecule has 1 atom stereocenters. The van der Waals surface area contributed by atoms with Gasteiger partial charge in [-0.15, -0.1) is 0 Å². The predicted octanol–water partition coefficient (Wildman–Crippen LogP) is 4.19. The number of methoxy groups -OCH3 is 1. The average molecular weight is 404 g/mol. The van der Waals surface area contributed by atoms with Gasteiger partial charge < -0.3 is 14.2 Å². The third-order valence-corrected chi connectivity index (χ3v) is 4.24. The van der Waals surface area contributed by atoms with Crippen LogP contribution in [0.1, 0.15) is 18.1 Å². The topological polar surface area (TPSA) is 69.2 Å². The number of benzene rings is 3. The third-order valence-electron chi connectivity index (χ3n) is 4.24. The smallest absolute Gasteiger partial charge is 0.280 e. The van der Waals surface area contributed by atoms with E-state index in [1.54, 1.807) is 32.4 Å². The largest absolute Gasteiger partial charge is 0.497 e. The van der Waals surface area contributed by atoms with E-state index in [-0.39, 0.29) is 5.91 Å². The highest BCUT2D eigenvalue weighted by Crippen LogP contribution is 2.19. The molecular weight excluding hydrogens is 380 g/mol. The minimum absolute atomic E-state index is 0.349. The van der Waals surface area contributed by atoms with Crippen molar-refractivity contribution in [2.45, 2.75) is 19.6 Å². The zero-order valence-electron chi connectivity index (χ0n) is 16.9. The number of nitrogens with one attached hydrogen (secondary N) is 1. The molecule has 1 amide bonds. The van der Waals surface area contributed by atoms with Gasteiger partial charge >= 0.3 is 0 Å². The van der Waals surface area contributed by atoms with Gasteiger partial charge in [-0.1, -0.05) is 42.5 Å². The average Bonchev–Trinajstić information content (AvgIpc) is 2.79. The first-order chi connectivity index (χ1) is 14.6. The molecule has 1 N–H and O–H groups in total. The molecule has 0 bridgehead atoms. The summed E-state index contributed by atoms with van der Waals surface area (Å²) >= 11 is 0. The van der Waals surface area contributed by atoms with Crippen LogP contribution in [0.25, 0.3) is 0 Å². The molecule has 0 aliphatic heterocycles. The fourth-order valence-electron chi connectivity index (χ4n) is 2.60. The Bertz CT molecular complexity index is 972. The molecule has 0 fully saturated rings. The molecule has 0 saturated heterocycles. The molecule has 6 heteroatoms. The lowest BCUT2D eigenvalue weighted by Crippen LogP contribution is -2.33. The van der Waals surface area contributed by atoms with E-state index in [2.05, 4.69) is 10.5 Å². The maximum Gasteiger partial charge on any atom is 0.280 e. The number of carbonyl (C=O) groups is 1. The highest BCUT2D eigenvalue weighted by molar-refractivity contribution is 5.84. The van der Waals surface area contributed by atoms with Gasteiger partial charge in [0, 0.05) is 0 Å².